The fraction of sp³-hybridized carbons (Fsp3) is 0.800. The molecule has 0 aromatic rings. The number of ether oxygens (including phenoxy) is 1. The number of hydrogen-bond donors (Lipinski definition) is 0. The molecule has 0 amide bonds. The fourth-order valence-corrected chi connectivity index (χ4v) is 1.15. The molecule has 0 fully saturated rings. The molecule has 1 nitrogen and oxygen atoms in total. The van der Waals surface area contributed by atoms with Gasteiger partial charge in [0.1, 0.15) is 0 Å². The van der Waals surface area contributed by atoms with Gasteiger partial charge in [0.05, 0.1) is 0 Å². The van der Waals surface area contributed by atoms with Gasteiger partial charge >= 0.3 is 78.2 Å². The van der Waals surface area contributed by atoms with E-state index >= 15 is 0 Å². The summed E-state index contributed by atoms with van der Waals surface area (Å²) < 4.78 is 5.87. The van der Waals surface area contributed by atoms with E-state index in [1.807, 2.05) is 0 Å². The number of rotatable bonds is 3. The zero-order valence-electron chi connectivity index (χ0n) is 5.42. The number of thiocarbonyl (C=S) groups is 1. The standard InChI is InChI=1S/C5H10OS2.Sb.2H/c1-2-3-4-6-5(7)8;;;/h2-4H2,1H3,(H,7,8);;;/q;+1;;/p-1. The molecule has 0 saturated carbocycles. The maximum atomic E-state index is 5.16. The summed E-state index contributed by atoms with van der Waals surface area (Å²) in [6.07, 6.45) is 2.29. The van der Waals surface area contributed by atoms with Crippen molar-refractivity contribution < 1.29 is 4.74 Å². The second-order valence-electron chi connectivity index (χ2n) is 1.57. The van der Waals surface area contributed by atoms with E-state index in [-0.39, 0.29) is 0 Å². The third-order valence-corrected chi connectivity index (χ3v) is 4.83. The first-order valence-electron chi connectivity index (χ1n) is 2.84. The van der Waals surface area contributed by atoms with Gasteiger partial charge in [0.25, 0.3) is 0 Å². The first kappa shape index (κ1) is 10.1. The Morgan fingerprint density at radius 1 is 1.78 bits per heavy atom. The molecule has 4 heteroatoms. The van der Waals surface area contributed by atoms with Crippen LogP contribution >= 0.6 is 21.1 Å². The van der Waals surface area contributed by atoms with Gasteiger partial charge in [-0.3, -0.25) is 0 Å². The van der Waals surface area contributed by atoms with Gasteiger partial charge in [-0.25, -0.2) is 0 Å². The van der Waals surface area contributed by atoms with Crippen molar-refractivity contribution in [3.05, 3.63) is 0 Å². The van der Waals surface area contributed by atoms with E-state index in [1.54, 1.807) is 8.85 Å². The van der Waals surface area contributed by atoms with Gasteiger partial charge in [0.2, 0.25) is 0 Å². The summed E-state index contributed by atoms with van der Waals surface area (Å²) in [5, 5.41) is 0. The SMILES string of the molecule is CCCCOC(=S)[S][SbH2]. The van der Waals surface area contributed by atoms with Crippen LogP contribution in [-0.4, -0.2) is 32.6 Å². The molecule has 0 rings (SSSR count). The van der Waals surface area contributed by atoms with Crippen molar-refractivity contribution in [1.82, 2.24) is 0 Å². The van der Waals surface area contributed by atoms with Gasteiger partial charge in [-0.15, -0.1) is 0 Å². The van der Waals surface area contributed by atoms with Crippen LogP contribution in [0.5, 0.6) is 0 Å². The molecular formula is C5H11OS2Sb. The van der Waals surface area contributed by atoms with Crippen molar-refractivity contribution in [3.63, 3.8) is 0 Å². The van der Waals surface area contributed by atoms with E-state index in [2.05, 4.69) is 6.92 Å². The molecule has 9 heavy (non-hydrogen) atoms. The summed E-state index contributed by atoms with van der Waals surface area (Å²) in [7, 11) is 1.61. The topological polar surface area (TPSA) is 9.23 Å². The molecule has 0 unspecified atom stereocenters. The quantitative estimate of drug-likeness (QED) is 0.436. The van der Waals surface area contributed by atoms with Crippen molar-refractivity contribution in [2.24, 2.45) is 0 Å². The molecule has 0 N–H and O–H groups in total. The maximum absolute atomic E-state index is 5.16. The van der Waals surface area contributed by atoms with Crippen molar-refractivity contribution in [3.8, 4) is 0 Å². The summed E-state index contributed by atoms with van der Waals surface area (Å²) in [6.45, 7) is 2.93. The van der Waals surface area contributed by atoms with Crippen LogP contribution in [0, 0.1) is 0 Å². The summed E-state index contributed by atoms with van der Waals surface area (Å²) in [6, 6.07) is 0. The molecule has 0 aromatic carbocycles. The Balaban J connectivity index is 2.97. The van der Waals surface area contributed by atoms with Crippen molar-refractivity contribution in [2.45, 2.75) is 19.8 Å². The van der Waals surface area contributed by atoms with E-state index < -0.39 is 0 Å². The van der Waals surface area contributed by atoms with Gasteiger partial charge in [-0.2, -0.15) is 0 Å². The second kappa shape index (κ2) is 7.17. The molecule has 0 aliphatic rings. The molecular weight excluding hydrogens is 262 g/mol. The number of unbranched alkanes of at least 4 members (excludes halogenated alkanes) is 1. The molecule has 0 saturated heterocycles. The van der Waals surface area contributed by atoms with E-state index in [4.69, 9.17) is 17.0 Å². The van der Waals surface area contributed by atoms with Gasteiger partial charge in [0, 0.05) is 0 Å². The molecule has 0 heterocycles. The molecule has 0 radical (unpaired) electrons. The molecule has 0 aliphatic carbocycles. The Hall–Kier alpha value is 1.06. The minimum atomic E-state index is 0.714. The van der Waals surface area contributed by atoms with E-state index in [0.717, 1.165) is 34.6 Å². The van der Waals surface area contributed by atoms with Crippen LogP contribution in [0.15, 0.2) is 0 Å². The molecule has 54 valence electrons. The van der Waals surface area contributed by atoms with E-state index in [0.29, 0.717) is 4.38 Å². The first-order chi connectivity index (χ1) is 4.31. The predicted molar refractivity (Wildman–Crippen MR) is 49.6 cm³/mol. The third kappa shape index (κ3) is 6.95. The zero-order valence-corrected chi connectivity index (χ0v) is 10.4. The first-order valence-corrected chi connectivity index (χ1v) is 8.17. The zero-order chi connectivity index (χ0) is 7.11. The Morgan fingerprint density at radius 2 is 2.44 bits per heavy atom. The fourth-order valence-electron chi connectivity index (χ4n) is 0.334. The van der Waals surface area contributed by atoms with Crippen molar-refractivity contribution in [2.75, 3.05) is 6.61 Å². The Bertz CT molecular complexity index is 87.0. The van der Waals surface area contributed by atoms with Crippen LogP contribution in [-0.2, 0) is 4.74 Å². The van der Waals surface area contributed by atoms with Crippen LogP contribution in [0.3, 0.4) is 0 Å². The normalized spacial score (nSPS) is 9.11. The second-order valence-corrected chi connectivity index (χ2v) is 4.82. The average Bonchev–Trinajstić information content (AvgIpc) is 1.89. The Kier molecular flexibility index (Phi) is 8.01. The Morgan fingerprint density at radius 3 is 2.89 bits per heavy atom. The monoisotopic (exact) mass is 272 g/mol. The molecule has 0 aliphatic heterocycles. The average molecular weight is 273 g/mol. The minimum absolute atomic E-state index is 0.714. The van der Waals surface area contributed by atoms with Gasteiger partial charge in [-0.1, -0.05) is 0 Å². The van der Waals surface area contributed by atoms with Crippen LogP contribution < -0.4 is 0 Å². The van der Waals surface area contributed by atoms with E-state index in [9.17, 15) is 0 Å². The summed E-state index contributed by atoms with van der Waals surface area (Å²) >= 11 is 5.94. The summed E-state index contributed by atoms with van der Waals surface area (Å²) in [5.41, 5.74) is 0. The molecule has 0 spiro atoms. The predicted octanol–water partition coefficient (Wildman–Crippen LogP) is 1.37. The molecule has 0 atom stereocenters. The Labute approximate surface area is 77.8 Å². The van der Waals surface area contributed by atoms with Gasteiger partial charge in [0.15, 0.2) is 0 Å². The number of hydrogen-bond acceptors (Lipinski definition) is 3. The van der Waals surface area contributed by atoms with Crippen LogP contribution in [0.4, 0.5) is 0 Å². The summed E-state index contributed by atoms with van der Waals surface area (Å²) in [4.78, 5) is 0. The van der Waals surface area contributed by atoms with Crippen LogP contribution in [0.25, 0.3) is 0 Å². The van der Waals surface area contributed by atoms with Crippen molar-refractivity contribution >= 4 is 47.1 Å². The van der Waals surface area contributed by atoms with Gasteiger partial charge < -0.3 is 0 Å². The molecule has 0 aromatic heterocycles. The third-order valence-electron chi connectivity index (χ3n) is 0.814. The van der Waals surface area contributed by atoms with E-state index in [1.165, 1.54) is 6.42 Å². The van der Waals surface area contributed by atoms with Crippen LogP contribution in [0.1, 0.15) is 19.8 Å². The molecule has 0 bridgehead atoms. The summed E-state index contributed by atoms with van der Waals surface area (Å²) in [5.74, 6) is 0. The van der Waals surface area contributed by atoms with Crippen molar-refractivity contribution in [1.29, 1.82) is 0 Å². The van der Waals surface area contributed by atoms with Crippen LogP contribution in [0.2, 0.25) is 0 Å². The van der Waals surface area contributed by atoms with Gasteiger partial charge in [-0.05, 0) is 0 Å².